The standard InChI is InChI=1S/C17H37N3O/c1-5-16(6-2)13-15(19-10-12-21-11-9-18)14-17(7-3,8-4)20-16/h15,19-20H,5-14,18H2,1-4H3. The highest BCUT2D eigenvalue weighted by Crippen LogP contribution is 2.37. The van der Waals surface area contributed by atoms with E-state index in [-0.39, 0.29) is 0 Å². The quantitative estimate of drug-likeness (QED) is 0.542. The van der Waals surface area contributed by atoms with Crippen LogP contribution in [-0.4, -0.2) is 43.4 Å². The van der Waals surface area contributed by atoms with Crippen LogP contribution in [0.3, 0.4) is 0 Å². The van der Waals surface area contributed by atoms with Crippen molar-refractivity contribution in [3.05, 3.63) is 0 Å². The van der Waals surface area contributed by atoms with E-state index in [2.05, 4.69) is 38.3 Å². The largest absolute Gasteiger partial charge is 0.379 e. The average molecular weight is 300 g/mol. The van der Waals surface area contributed by atoms with Gasteiger partial charge in [0.05, 0.1) is 13.2 Å². The molecule has 1 fully saturated rings. The van der Waals surface area contributed by atoms with Gasteiger partial charge in [-0.3, -0.25) is 0 Å². The van der Waals surface area contributed by atoms with Crippen LogP contribution in [-0.2, 0) is 4.74 Å². The van der Waals surface area contributed by atoms with Gasteiger partial charge in [-0.1, -0.05) is 27.7 Å². The Morgan fingerprint density at radius 1 is 1.00 bits per heavy atom. The fourth-order valence-electron chi connectivity index (χ4n) is 3.78. The lowest BCUT2D eigenvalue weighted by Gasteiger charge is -2.52. The Bertz CT molecular complexity index is 255. The normalized spacial score (nSPS) is 21.6. The van der Waals surface area contributed by atoms with Crippen molar-refractivity contribution in [2.75, 3.05) is 26.3 Å². The number of ether oxygens (including phenoxy) is 1. The molecule has 4 heteroatoms. The molecule has 0 radical (unpaired) electrons. The van der Waals surface area contributed by atoms with Gasteiger partial charge in [0.25, 0.3) is 0 Å². The van der Waals surface area contributed by atoms with E-state index in [1.807, 2.05) is 0 Å². The van der Waals surface area contributed by atoms with Gasteiger partial charge in [0.15, 0.2) is 0 Å². The molecule has 0 amide bonds. The summed E-state index contributed by atoms with van der Waals surface area (Å²) in [5.74, 6) is 0. The minimum atomic E-state index is 0.292. The van der Waals surface area contributed by atoms with E-state index >= 15 is 0 Å². The first-order chi connectivity index (χ1) is 10.1. The molecule has 0 aromatic carbocycles. The molecule has 0 aromatic heterocycles. The summed E-state index contributed by atoms with van der Waals surface area (Å²) in [6.45, 7) is 12.2. The van der Waals surface area contributed by atoms with Crippen molar-refractivity contribution in [3.8, 4) is 0 Å². The van der Waals surface area contributed by atoms with Gasteiger partial charge in [0.2, 0.25) is 0 Å². The molecule has 126 valence electrons. The van der Waals surface area contributed by atoms with Crippen LogP contribution in [0.4, 0.5) is 0 Å². The maximum atomic E-state index is 5.48. The van der Waals surface area contributed by atoms with Gasteiger partial charge in [0, 0.05) is 30.2 Å². The fraction of sp³-hybridized carbons (Fsp3) is 1.00. The van der Waals surface area contributed by atoms with E-state index in [0.717, 1.165) is 13.2 Å². The Kier molecular flexibility index (Phi) is 8.17. The molecule has 4 nitrogen and oxygen atoms in total. The lowest BCUT2D eigenvalue weighted by Crippen LogP contribution is -2.65. The molecule has 1 aliphatic rings. The van der Waals surface area contributed by atoms with E-state index in [9.17, 15) is 0 Å². The molecule has 0 aliphatic carbocycles. The van der Waals surface area contributed by atoms with Crippen molar-refractivity contribution >= 4 is 0 Å². The highest BCUT2D eigenvalue weighted by atomic mass is 16.5. The lowest BCUT2D eigenvalue weighted by atomic mass is 9.71. The van der Waals surface area contributed by atoms with Gasteiger partial charge < -0.3 is 21.1 Å². The van der Waals surface area contributed by atoms with Gasteiger partial charge in [-0.15, -0.1) is 0 Å². The van der Waals surface area contributed by atoms with Gasteiger partial charge in [-0.05, 0) is 38.5 Å². The first-order valence-electron chi connectivity index (χ1n) is 8.89. The summed E-state index contributed by atoms with van der Waals surface area (Å²) in [7, 11) is 0. The molecule has 21 heavy (non-hydrogen) atoms. The van der Waals surface area contributed by atoms with Crippen LogP contribution >= 0.6 is 0 Å². The van der Waals surface area contributed by atoms with Crippen molar-refractivity contribution in [1.82, 2.24) is 10.6 Å². The number of nitrogens with one attached hydrogen (secondary N) is 2. The van der Waals surface area contributed by atoms with Crippen LogP contribution in [0.5, 0.6) is 0 Å². The lowest BCUT2D eigenvalue weighted by molar-refractivity contribution is 0.0774. The number of hydrogen-bond acceptors (Lipinski definition) is 4. The third kappa shape index (κ3) is 5.20. The Morgan fingerprint density at radius 3 is 1.95 bits per heavy atom. The number of nitrogens with two attached hydrogens (primary N) is 1. The topological polar surface area (TPSA) is 59.3 Å². The average Bonchev–Trinajstić information content (AvgIpc) is 2.54. The van der Waals surface area contributed by atoms with Crippen LogP contribution in [0, 0.1) is 0 Å². The SMILES string of the molecule is CCC1(CC)CC(NCCOCCN)CC(CC)(CC)N1. The molecule has 0 atom stereocenters. The van der Waals surface area contributed by atoms with Crippen LogP contribution in [0.25, 0.3) is 0 Å². The second kappa shape index (κ2) is 9.09. The maximum absolute atomic E-state index is 5.48. The smallest absolute Gasteiger partial charge is 0.0591 e. The van der Waals surface area contributed by atoms with E-state index in [0.29, 0.717) is 30.3 Å². The van der Waals surface area contributed by atoms with E-state index in [1.165, 1.54) is 38.5 Å². The summed E-state index contributed by atoms with van der Waals surface area (Å²) in [5, 5.41) is 7.75. The molecular weight excluding hydrogens is 262 g/mol. The molecule has 1 aliphatic heterocycles. The Morgan fingerprint density at radius 2 is 1.52 bits per heavy atom. The molecule has 0 aromatic rings. The van der Waals surface area contributed by atoms with Crippen molar-refractivity contribution < 1.29 is 4.74 Å². The third-order valence-electron chi connectivity index (χ3n) is 5.45. The number of piperidine rings is 1. The van der Waals surface area contributed by atoms with Crippen molar-refractivity contribution in [2.45, 2.75) is 83.3 Å². The second-order valence-electron chi connectivity index (χ2n) is 6.56. The molecule has 1 saturated heterocycles. The minimum Gasteiger partial charge on any atom is -0.379 e. The second-order valence-corrected chi connectivity index (χ2v) is 6.56. The van der Waals surface area contributed by atoms with Gasteiger partial charge in [0.1, 0.15) is 0 Å². The fourth-order valence-corrected chi connectivity index (χ4v) is 3.78. The summed E-state index contributed by atoms with van der Waals surface area (Å²) in [6, 6.07) is 0.590. The molecular formula is C17H37N3O. The first kappa shape index (κ1) is 18.9. The van der Waals surface area contributed by atoms with Crippen LogP contribution in [0.15, 0.2) is 0 Å². The molecule has 0 spiro atoms. The predicted molar refractivity (Wildman–Crippen MR) is 90.7 cm³/mol. The zero-order chi connectivity index (χ0) is 15.8. The molecule has 1 heterocycles. The van der Waals surface area contributed by atoms with Gasteiger partial charge in [-0.25, -0.2) is 0 Å². The monoisotopic (exact) mass is 299 g/mol. The molecule has 1 rings (SSSR count). The summed E-state index contributed by atoms with van der Waals surface area (Å²) in [4.78, 5) is 0. The van der Waals surface area contributed by atoms with E-state index in [4.69, 9.17) is 10.5 Å². The van der Waals surface area contributed by atoms with Crippen molar-refractivity contribution in [1.29, 1.82) is 0 Å². The summed E-state index contributed by atoms with van der Waals surface area (Å²) < 4.78 is 5.48. The third-order valence-corrected chi connectivity index (χ3v) is 5.45. The highest BCUT2D eigenvalue weighted by molar-refractivity contribution is 5.05. The first-order valence-corrected chi connectivity index (χ1v) is 8.89. The van der Waals surface area contributed by atoms with Gasteiger partial charge >= 0.3 is 0 Å². The minimum absolute atomic E-state index is 0.292. The van der Waals surface area contributed by atoms with E-state index < -0.39 is 0 Å². The molecule has 0 unspecified atom stereocenters. The Labute approximate surface area is 131 Å². The molecule has 4 N–H and O–H groups in total. The highest BCUT2D eigenvalue weighted by Gasteiger charge is 2.43. The number of hydrogen-bond donors (Lipinski definition) is 3. The molecule has 0 saturated carbocycles. The van der Waals surface area contributed by atoms with Crippen LogP contribution in [0.1, 0.15) is 66.2 Å². The zero-order valence-corrected chi connectivity index (χ0v) is 14.6. The maximum Gasteiger partial charge on any atom is 0.0591 e. The summed E-state index contributed by atoms with van der Waals surface area (Å²) >= 11 is 0. The van der Waals surface area contributed by atoms with Crippen molar-refractivity contribution in [2.24, 2.45) is 5.73 Å². The number of rotatable bonds is 10. The molecule has 0 bridgehead atoms. The zero-order valence-electron chi connectivity index (χ0n) is 14.6. The summed E-state index contributed by atoms with van der Waals surface area (Å²) in [5.41, 5.74) is 6.03. The van der Waals surface area contributed by atoms with Crippen LogP contribution < -0.4 is 16.4 Å². The predicted octanol–water partition coefficient (Wildman–Crippen LogP) is 2.42. The Balaban J connectivity index is 2.61. The summed E-state index contributed by atoms with van der Waals surface area (Å²) in [6.07, 6.45) is 7.25. The van der Waals surface area contributed by atoms with E-state index in [1.54, 1.807) is 0 Å². The Hall–Kier alpha value is -0.160. The van der Waals surface area contributed by atoms with Crippen molar-refractivity contribution in [3.63, 3.8) is 0 Å². The van der Waals surface area contributed by atoms with Crippen LogP contribution in [0.2, 0.25) is 0 Å². The van der Waals surface area contributed by atoms with Gasteiger partial charge in [-0.2, -0.15) is 0 Å².